The van der Waals surface area contributed by atoms with Gasteiger partial charge in [0.05, 0.1) is 25.3 Å². The molecule has 2 aromatic heterocycles. The molecule has 3 aliphatic heterocycles. The molecule has 3 saturated heterocycles. The summed E-state index contributed by atoms with van der Waals surface area (Å²) in [7, 11) is 0. The highest BCUT2D eigenvalue weighted by Crippen LogP contribution is 2.44. The minimum absolute atomic E-state index is 0.0732. The van der Waals surface area contributed by atoms with Gasteiger partial charge in [-0.05, 0) is 49.4 Å². The van der Waals surface area contributed by atoms with E-state index in [0.717, 1.165) is 0 Å². The number of halogens is 4. The molecule has 0 unspecified atom stereocenters. The average Bonchev–Trinajstić information content (AvgIpc) is 3.39. The van der Waals surface area contributed by atoms with Crippen molar-refractivity contribution in [2.24, 2.45) is 0 Å². The van der Waals surface area contributed by atoms with E-state index in [9.17, 15) is 13.2 Å². The average molecular weight is 621 g/mol. The fraction of sp³-hybridized carbons (Fsp3) is 0.424. The lowest BCUT2D eigenvalue weighted by atomic mass is 9.95. The molecule has 8 nitrogen and oxygen atoms in total. The van der Waals surface area contributed by atoms with Crippen molar-refractivity contribution in [3.63, 3.8) is 0 Å². The van der Waals surface area contributed by atoms with Gasteiger partial charge in [0.15, 0.2) is 12.0 Å². The lowest BCUT2D eigenvalue weighted by molar-refractivity contribution is 0.105. The number of ether oxygens (including phenoxy) is 2. The number of nitrogen functional groups attached to an aromatic ring is 1. The number of aromatic nitrogens is 3. The molecule has 12 heteroatoms. The third-order valence-electron chi connectivity index (χ3n) is 9.39. The van der Waals surface area contributed by atoms with Crippen molar-refractivity contribution in [3.8, 4) is 29.6 Å². The Morgan fingerprint density at radius 2 is 2.07 bits per heavy atom. The first-order valence-electron chi connectivity index (χ1n) is 16.0. The number of nitrogens with two attached hydrogens (primary N) is 1. The second-order valence-corrected chi connectivity index (χ2v) is 12.2. The first-order valence-corrected chi connectivity index (χ1v) is 15.0. The van der Waals surface area contributed by atoms with Crippen LogP contribution in [0, 0.1) is 24.0 Å². The second kappa shape index (κ2) is 10.4. The van der Waals surface area contributed by atoms with Gasteiger partial charge in [-0.1, -0.05) is 12.0 Å². The fourth-order valence-electron chi connectivity index (χ4n) is 7.29. The van der Waals surface area contributed by atoms with Gasteiger partial charge in [0, 0.05) is 49.0 Å². The summed E-state index contributed by atoms with van der Waals surface area (Å²) in [6.07, 6.45) is 5.24. The van der Waals surface area contributed by atoms with E-state index in [-0.39, 0.29) is 57.6 Å². The largest absolute Gasteiger partial charge is 0.461 e. The highest BCUT2D eigenvalue weighted by molar-refractivity contribution is 6.03. The van der Waals surface area contributed by atoms with E-state index in [2.05, 4.69) is 20.9 Å². The van der Waals surface area contributed by atoms with Crippen molar-refractivity contribution < 1.29 is 29.8 Å². The highest BCUT2D eigenvalue weighted by Gasteiger charge is 2.58. The molecule has 0 spiro atoms. The van der Waals surface area contributed by atoms with Crippen LogP contribution in [0.2, 0.25) is 0 Å². The molecule has 4 fully saturated rings. The Balaban J connectivity index is 1.32. The number of rotatable bonds is 5. The summed E-state index contributed by atoms with van der Waals surface area (Å²) >= 11 is 0. The molecule has 4 aromatic rings. The first kappa shape index (κ1) is 26.1. The van der Waals surface area contributed by atoms with Crippen molar-refractivity contribution in [1.82, 2.24) is 19.9 Å². The third kappa shape index (κ3) is 4.47. The summed E-state index contributed by atoms with van der Waals surface area (Å²) in [4.78, 5) is 16.7. The summed E-state index contributed by atoms with van der Waals surface area (Å²) in [6, 6.07) is 4.51. The van der Waals surface area contributed by atoms with Crippen molar-refractivity contribution in [2.45, 2.75) is 55.7 Å². The Labute approximate surface area is 259 Å². The van der Waals surface area contributed by atoms with E-state index in [0.29, 0.717) is 44.3 Å². The van der Waals surface area contributed by atoms with Crippen LogP contribution in [0.1, 0.15) is 34.0 Å². The van der Waals surface area contributed by atoms with E-state index < -0.39 is 54.2 Å². The SMILES string of the molecule is [2H]C([2H])(Oc1nc(N2CCCO[C@H]3[C@H](F)[C@H]32)c2cnc(-c3cc(N)cc4ccc(F)c(C#C)c34)c(F)c2n1)[C@@]12CCCN1C[C@H](F)C2. The zero-order valence-electron chi connectivity index (χ0n) is 26.1. The Hall–Kier alpha value is -4.21. The molecule has 45 heavy (non-hydrogen) atoms. The minimum atomic E-state index is -2.46. The maximum absolute atomic E-state index is 16.9. The van der Waals surface area contributed by atoms with Crippen LogP contribution >= 0.6 is 0 Å². The van der Waals surface area contributed by atoms with Gasteiger partial charge in [-0.3, -0.25) is 9.88 Å². The topological polar surface area (TPSA) is 89.6 Å². The quantitative estimate of drug-likeness (QED) is 0.190. The Morgan fingerprint density at radius 1 is 1.20 bits per heavy atom. The van der Waals surface area contributed by atoms with Gasteiger partial charge in [0.2, 0.25) is 0 Å². The maximum Gasteiger partial charge on any atom is 0.319 e. The van der Waals surface area contributed by atoms with Crippen molar-refractivity contribution in [2.75, 3.05) is 43.4 Å². The van der Waals surface area contributed by atoms with Crippen LogP contribution in [-0.4, -0.2) is 82.7 Å². The number of terminal acetylenes is 1. The normalized spacial score (nSPS) is 28.7. The van der Waals surface area contributed by atoms with Crippen LogP contribution in [0.4, 0.5) is 29.1 Å². The minimum Gasteiger partial charge on any atom is -0.461 e. The molecule has 2 aromatic carbocycles. The number of anilines is 2. The smallest absolute Gasteiger partial charge is 0.319 e. The van der Waals surface area contributed by atoms with Gasteiger partial charge < -0.3 is 20.1 Å². The van der Waals surface area contributed by atoms with Crippen LogP contribution < -0.4 is 15.4 Å². The summed E-state index contributed by atoms with van der Waals surface area (Å²) in [5.41, 5.74) is 4.66. The number of benzene rings is 2. The predicted molar refractivity (Wildman–Crippen MR) is 161 cm³/mol. The molecule has 0 bridgehead atoms. The Bertz CT molecular complexity index is 2000. The lowest BCUT2D eigenvalue weighted by Gasteiger charge is -2.31. The van der Waals surface area contributed by atoms with Gasteiger partial charge in [-0.15, -0.1) is 6.42 Å². The van der Waals surface area contributed by atoms with Gasteiger partial charge in [-0.2, -0.15) is 9.97 Å². The van der Waals surface area contributed by atoms with E-state index in [4.69, 9.17) is 24.4 Å². The second-order valence-electron chi connectivity index (χ2n) is 12.2. The lowest BCUT2D eigenvalue weighted by Crippen LogP contribution is -2.43. The monoisotopic (exact) mass is 620 g/mol. The van der Waals surface area contributed by atoms with E-state index in [1.54, 1.807) is 15.9 Å². The summed E-state index contributed by atoms with van der Waals surface area (Å²) < 4.78 is 90.8. The van der Waals surface area contributed by atoms with E-state index in [1.165, 1.54) is 24.4 Å². The summed E-state index contributed by atoms with van der Waals surface area (Å²) in [6.45, 7) is -1.23. The molecular formula is C33H30F4N6O2. The predicted octanol–water partition coefficient (Wildman–Crippen LogP) is 4.96. The van der Waals surface area contributed by atoms with Gasteiger partial charge in [0.25, 0.3) is 0 Å². The van der Waals surface area contributed by atoms with Crippen molar-refractivity contribution in [3.05, 3.63) is 47.7 Å². The number of alkyl halides is 2. The highest BCUT2D eigenvalue weighted by atomic mass is 19.1. The molecule has 2 N–H and O–H groups in total. The van der Waals surface area contributed by atoms with E-state index in [1.807, 2.05) is 0 Å². The molecule has 0 amide bonds. The van der Waals surface area contributed by atoms with Gasteiger partial charge in [-0.25, -0.2) is 17.6 Å². The summed E-state index contributed by atoms with van der Waals surface area (Å²) in [5, 5.41) is 0.821. The molecular weight excluding hydrogens is 588 g/mol. The van der Waals surface area contributed by atoms with Crippen LogP contribution in [0.15, 0.2) is 30.5 Å². The number of hydrogen-bond donors (Lipinski definition) is 1. The Morgan fingerprint density at radius 3 is 2.91 bits per heavy atom. The number of pyridine rings is 1. The van der Waals surface area contributed by atoms with Crippen molar-refractivity contribution >= 4 is 33.2 Å². The van der Waals surface area contributed by atoms with Crippen LogP contribution in [-0.2, 0) is 4.74 Å². The zero-order chi connectivity index (χ0) is 32.8. The van der Waals surface area contributed by atoms with Crippen LogP contribution in [0.25, 0.3) is 32.9 Å². The van der Waals surface area contributed by atoms with E-state index >= 15 is 4.39 Å². The zero-order valence-corrected chi connectivity index (χ0v) is 24.1. The summed E-state index contributed by atoms with van der Waals surface area (Å²) in [5.74, 6) is 0.812. The van der Waals surface area contributed by atoms with Gasteiger partial charge in [0.1, 0.15) is 41.7 Å². The standard InChI is InChI=1S/C33H30F4N6O2/c1-2-20-23(35)6-5-17-11-19(38)12-21(24(17)20)27-25(36)28-22(14-39-27)31(43-9-4-10-44-30-26(37)29(30)43)41-32(40-28)45-16-33-7-3-8-42(33)15-18(34)13-33/h1,5-6,11-12,14,18,26,29-30H,3-4,7-10,13,15-16,38H2/t18-,26-,29-,30+,33+/m1/s1/i16D2. The van der Waals surface area contributed by atoms with Crippen molar-refractivity contribution in [1.29, 1.82) is 0 Å². The van der Waals surface area contributed by atoms with Crippen LogP contribution in [0.5, 0.6) is 6.01 Å². The molecule has 0 radical (unpaired) electrons. The number of hydrogen-bond acceptors (Lipinski definition) is 8. The molecule has 1 aliphatic carbocycles. The first-order chi connectivity index (χ1) is 22.5. The Kier molecular flexibility index (Phi) is 6.03. The number of nitrogens with zero attached hydrogens (tertiary/aromatic N) is 5. The molecule has 5 heterocycles. The molecule has 4 aliphatic rings. The number of fused-ring (bicyclic) bond motifs is 4. The molecule has 232 valence electrons. The fourth-order valence-corrected chi connectivity index (χ4v) is 7.29. The molecule has 8 rings (SSSR count). The third-order valence-corrected chi connectivity index (χ3v) is 9.39. The molecule has 5 atom stereocenters. The molecule has 1 saturated carbocycles. The maximum atomic E-state index is 16.9. The van der Waals surface area contributed by atoms with Crippen LogP contribution in [0.3, 0.4) is 0 Å². The van der Waals surface area contributed by atoms with Gasteiger partial charge >= 0.3 is 6.01 Å².